The fraction of sp³-hybridized carbons (Fsp3) is 0.0476. The molecule has 1 aromatic heterocycles. The minimum Gasteiger partial charge on any atom is -0.332 e. The van der Waals surface area contributed by atoms with Crippen molar-refractivity contribution in [1.29, 1.82) is 0 Å². The maximum Gasteiger partial charge on any atom is 0.176 e. The van der Waals surface area contributed by atoms with Crippen LogP contribution in [-0.2, 0) is 6.54 Å². The van der Waals surface area contributed by atoms with E-state index in [1.54, 1.807) is 6.07 Å². The van der Waals surface area contributed by atoms with Crippen LogP contribution in [0.3, 0.4) is 0 Å². The third-order valence-electron chi connectivity index (χ3n) is 4.25. The molecule has 0 spiro atoms. The van der Waals surface area contributed by atoms with Gasteiger partial charge >= 0.3 is 0 Å². The lowest BCUT2D eigenvalue weighted by Crippen LogP contribution is -2.19. The molecule has 0 saturated heterocycles. The van der Waals surface area contributed by atoms with Gasteiger partial charge in [0.25, 0.3) is 0 Å². The lowest BCUT2D eigenvalue weighted by molar-refractivity contribution is 0.690. The van der Waals surface area contributed by atoms with Gasteiger partial charge in [-0.2, -0.15) is 5.10 Å². The SMILES string of the molecule is S=C(Nc1ccn(Cc2ccc(Cl)c(Cl)c2)n1)Nc1cccc2ccccc12. The number of benzene rings is 3. The maximum absolute atomic E-state index is 6.07. The van der Waals surface area contributed by atoms with E-state index in [0.717, 1.165) is 22.0 Å². The molecule has 0 amide bonds. The molecule has 28 heavy (non-hydrogen) atoms. The largest absolute Gasteiger partial charge is 0.332 e. The van der Waals surface area contributed by atoms with E-state index in [-0.39, 0.29) is 0 Å². The van der Waals surface area contributed by atoms with Crippen molar-refractivity contribution in [2.24, 2.45) is 0 Å². The van der Waals surface area contributed by atoms with Crippen molar-refractivity contribution >= 4 is 62.8 Å². The van der Waals surface area contributed by atoms with Crippen LogP contribution in [0.5, 0.6) is 0 Å². The molecule has 0 aliphatic carbocycles. The number of nitrogens with one attached hydrogen (secondary N) is 2. The molecule has 0 bridgehead atoms. The van der Waals surface area contributed by atoms with Crippen molar-refractivity contribution < 1.29 is 0 Å². The van der Waals surface area contributed by atoms with Gasteiger partial charge in [-0.3, -0.25) is 4.68 Å². The van der Waals surface area contributed by atoms with Gasteiger partial charge in [-0.1, -0.05) is 65.7 Å². The molecule has 0 atom stereocenters. The molecular weight excluding hydrogens is 411 g/mol. The first-order valence-electron chi connectivity index (χ1n) is 8.62. The quantitative estimate of drug-likeness (QED) is 0.381. The van der Waals surface area contributed by atoms with Gasteiger partial charge in [0, 0.05) is 23.3 Å². The highest BCUT2D eigenvalue weighted by Gasteiger charge is 2.06. The van der Waals surface area contributed by atoms with Gasteiger partial charge in [0.05, 0.1) is 16.6 Å². The van der Waals surface area contributed by atoms with Crippen LogP contribution < -0.4 is 10.6 Å². The highest BCUT2D eigenvalue weighted by Crippen LogP contribution is 2.24. The Kier molecular flexibility index (Phi) is 5.48. The second kappa shape index (κ2) is 8.19. The fourth-order valence-electron chi connectivity index (χ4n) is 2.95. The molecule has 0 aliphatic rings. The molecule has 4 rings (SSSR count). The molecule has 0 unspecified atom stereocenters. The van der Waals surface area contributed by atoms with Crippen LogP contribution in [0.1, 0.15) is 5.56 Å². The first-order chi connectivity index (χ1) is 13.6. The molecule has 0 aliphatic heterocycles. The van der Waals surface area contributed by atoms with Gasteiger partial charge < -0.3 is 10.6 Å². The third-order valence-corrected chi connectivity index (χ3v) is 5.19. The number of fused-ring (bicyclic) bond motifs is 1. The van der Waals surface area contributed by atoms with Crippen molar-refractivity contribution in [3.63, 3.8) is 0 Å². The molecule has 7 heteroatoms. The molecule has 1 heterocycles. The third kappa shape index (κ3) is 4.28. The fourth-order valence-corrected chi connectivity index (χ4v) is 3.48. The first-order valence-corrected chi connectivity index (χ1v) is 9.78. The van der Waals surface area contributed by atoms with E-state index in [2.05, 4.69) is 33.9 Å². The van der Waals surface area contributed by atoms with E-state index in [9.17, 15) is 0 Å². The summed E-state index contributed by atoms with van der Waals surface area (Å²) in [7, 11) is 0. The summed E-state index contributed by atoms with van der Waals surface area (Å²) < 4.78 is 1.81. The van der Waals surface area contributed by atoms with Gasteiger partial charge in [0.2, 0.25) is 0 Å². The Bertz CT molecular complexity index is 1150. The zero-order valence-electron chi connectivity index (χ0n) is 14.7. The molecule has 2 N–H and O–H groups in total. The number of hydrogen-bond acceptors (Lipinski definition) is 2. The van der Waals surface area contributed by atoms with Crippen LogP contribution in [0.15, 0.2) is 72.9 Å². The van der Waals surface area contributed by atoms with Crippen molar-refractivity contribution in [2.45, 2.75) is 6.54 Å². The average Bonchev–Trinajstić information content (AvgIpc) is 3.11. The van der Waals surface area contributed by atoms with E-state index < -0.39 is 0 Å². The van der Waals surface area contributed by atoms with Gasteiger partial charge in [-0.25, -0.2) is 0 Å². The number of halogens is 2. The molecule has 0 fully saturated rings. The molecule has 4 nitrogen and oxygen atoms in total. The van der Waals surface area contributed by atoms with Crippen LogP contribution >= 0.6 is 35.4 Å². The smallest absolute Gasteiger partial charge is 0.176 e. The summed E-state index contributed by atoms with van der Waals surface area (Å²) in [5, 5.41) is 14.7. The van der Waals surface area contributed by atoms with Crippen LogP contribution in [0.4, 0.5) is 11.5 Å². The van der Waals surface area contributed by atoms with E-state index >= 15 is 0 Å². The Morgan fingerprint density at radius 1 is 0.929 bits per heavy atom. The Hall–Kier alpha value is -2.60. The summed E-state index contributed by atoms with van der Waals surface area (Å²) in [5.41, 5.74) is 1.96. The Balaban J connectivity index is 1.43. The summed E-state index contributed by atoms with van der Waals surface area (Å²) in [6, 6.07) is 21.6. The highest BCUT2D eigenvalue weighted by molar-refractivity contribution is 7.80. The van der Waals surface area contributed by atoms with Gasteiger partial charge in [0.15, 0.2) is 10.9 Å². The van der Waals surface area contributed by atoms with E-state index in [1.807, 2.05) is 53.3 Å². The summed E-state index contributed by atoms with van der Waals surface area (Å²) in [6.45, 7) is 0.585. The second-order valence-electron chi connectivity index (χ2n) is 6.25. The second-order valence-corrected chi connectivity index (χ2v) is 7.48. The number of nitrogens with zero attached hydrogens (tertiary/aromatic N) is 2. The van der Waals surface area contributed by atoms with Crippen LogP contribution in [0.2, 0.25) is 10.0 Å². The summed E-state index contributed by atoms with van der Waals surface area (Å²) in [4.78, 5) is 0. The summed E-state index contributed by atoms with van der Waals surface area (Å²) in [6.07, 6.45) is 1.88. The van der Waals surface area contributed by atoms with E-state index in [1.165, 1.54) is 0 Å². The zero-order chi connectivity index (χ0) is 19.5. The molecule has 0 saturated carbocycles. The van der Waals surface area contributed by atoms with E-state index in [4.69, 9.17) is 35.4 Å². The van der Waals surface area contributed by atoms with Crippen molar-refractivity contribution in [3.8, 4) is 0 Å². The molecular formula is C21H16Cl2N4S. The predicted molar refractivity (Wildman–Crippen MR) is 122 cm³/mol. The number of anilines is 2. The number of aromatic nitrogens is 2. The first kappa shape index (κ1) is 18.7. The lowest BCUT2D eigenvalue weighted by atomic mass is 10.1. The Labute approximate surface area is 178 Å². The Morgan fingerprint density at radius 3 is 2.61 bits per heavy atom. The molecule has 4 aromatic rings. The average molecular weight is 427 g/mol. The summed E-state index contributed by atoms with van der Waals surface area (Å²) >= 11 is 17.5. The molecule has 140 valence electrons. The van der Waals surface area contributed by atoms with E-state index in [0.29, 0.717) is 27.5 Å². The summed E-state index contributed by atoms with van der Waals surface area (Å²) in [5.74, 6) is 0.665. The maximum atomic E-state index is 6.07. The zero-order valence-corrected chi connectivity index (χ0v) is 17.0. The van der Waals surface area contributed by atoms with Gasteiger partial charge in [-0.15, -0.1) is 0 Å². The number of rotatable bonds is 4. The highest BCUT2D eigenvalue weighted by atomic mass is 35.5. The lowest BCUT2D eigenvalue weighted by Gasteiger charge is -2.11. The molecule has 3 aromatic carbocycles. The van der Waals surface area contributed by atoms with Crippen molar-refractivity contribution in [2.75, 3.05) is 10.6 Å². The van der Waals surface area contributed by atoms with Gasteiger partial charge in [-0.05, 0) is 41.4 Å². The van der Waals surface area contributed by atoms with Crippen molar-refractivity contribution in [1.82, 2.24) is 9.78 Å². The van der Waals surface area contributed by atoms with Crippen LogP contribution in [-0.4, -0.2) is 14.9 Å². The predicted octanol–water partition coefficient (Wildman–Crippen LogP) is 6.20. The monoisotopic (exact) mass is 426 g/mol. The minimum atomic E-state index is 0.483. The van der Waals surface area contributed by atoms with Crippen LogP contribution in [0, 0.1) is 0 Å². The van der Waals surface area contributed by atoms with Crippen LogP contribution in [0.25, 0.3) is 10.8 Å². The van der Waals surface area contributed by atoms with Crippen molar-refractivity contribution in [3.05, 3.63) is 88.5 Å². The topological polar surface area (TPSA) is 41.9 Å². The number of hydrogen-bond donors (Lipinski definition) is 2. The van der Waals surface area contributed by atoms with Gasteiger partial charge in [0.1, 0.15) is 0 Å². The molecule has 0 radical (unpaired) electrons. The minimum absolute atomic E-state index is 0.483. The number of thiocarbonyl (C=S) groups is 1. The Morgan fingerprint density at radius 2 is 1.75 bits per heavy atom. The standard InChI is InChI=1S/C21H16Cl2N4S/c22-17-9-8-14(12-18(17)23)13-27-11-10-20(26-27)25-21(28)24-19-7-3-5-15-4-1-2-6-16(15)19/h1-12H,13H2,(H2,24,25,26,28). The normalized spacial score (nSPS) is 10.8.